The highest BCUT2D eigenvalue weighted by Gasteiger charge is 2.42. The third-order valence-corrected chi connectivity index (χ3v) is 8.84. The van der Waals surface area contributed by atoms with Gasteiger partial charge in [-0.15, -0.1) is 0 Å². The van der Waals surface area contributed by atoms with E-state index < -0.39 is 16.1 Å². The van der Waals surface area contributed by atoms with Crippen molar-refractivity contribution in [2.24, 2.45) is 0 Å². The second kappa shape index (κ2) is 8.58. The van der Waals surface area contributed by atoms with E-state index in [2.05, 4.69) is 13.6 Å². The highest BCUT2D eigenvalue weighted by molar-refractivity contribution is 7.89. The number of sulfonamides is 1. The molecule has 1 aromatic heterocycles. The van der Waals surface area contributed by atoms with Crippen molar-refractivity contribution in [2.45, 2.75) is 23.8 Å². The Hall–Kier alpha value is -2.27. The third-order valence-electron chi connectivity index (χ3n) is 6.11. The van der Waals surface area contributed by atoms with Gasteiger partial charge in [-0.1, -0.05) is 17.7 Å². The molecule has 2 aliphatic rings. The maximum atomic E-state index is 13.5. The van der Waals surface area contributed by atoms with Gasteiger partial charge in [0.15, 0.2) is 0 Å². The molecule has 32 heavy (non-hydrogen) atoms. The van der Waals surface area contributed by atoms with E-state index in [4.69, 9.17) is 11.6 Å². The Kier molecular flexibility index (Phi) is 5.79. The molecule has 5 rings (SSSR count). The van der Waals surface area contributed by atoms with Gasteiger partial charge in [-0.3, -0.25) is 4.79 Å². The van der Waals surface area contributed by atoms with Crippen LogP contribution in [0.5, 0.6) is 0 Å². The predicted molar refractivity (Wildman–Crippen MR) is 125 cm³/mol. The molecule has 2 aliphatic heterocycles. The summed E-state index contributed by atoms with van der Waals surface area (Å²) < 4.78 is 36.6. The van der Waals surface area contributed by atoms with Crippen LogP contribution in [0.2, 0.25) is 5.02 Å². The van der Waals surface area contributed by atoms with E-state index in [1.54, 1.807) is 23.1 Å². The lowest BCUT2D eigenvalue weighted by Crippen LogP contribution is -2.54. The number of nitrogens with zero attached hydrogens (tertiary/aromatic N) is 5. The molecule has 3 heterocycles. The number of carbonyl (C=O) groups excluding carboxylic acids is 1. The molecule has 0 spiro atoms. The lowest BCUT2D eigenvalue weighted by atomic mass is 10.1. The first-order chi connectivity index (χ1) is 15.4. The minimum Gasteiger partial charge on any atom is -0.368 e. The first-order valence-corrected chi connectivity index (χ1v) is 13.0. The number of halogens is 1. The molecule has 2 fully saturated rings. The van der Waals surface area contributed by atoms with Gasteiger partial charge in [0.1, 0.15) is 22.0 Å². The number of carbonyl (C=O) groups is 1. The van der Waals surface area contributed by atoms with E-state index in [0.29, 0.717) is 61.6 Å². The highest BCUT2D eigenvalue weighted by Crippen LogP contribution is 2.31. The normalized spacial score (nSPS) is 20.2. The minimum absolute atomic E-state index is 0.120. The SMILES string of the molecule is O=C(C1CCCN1S(=O)(=O)c1cccc2nsnc12)N1CCN(c2ccc(Cl)cc2)CC1. The number of aromatic nitrogens is 2. The molecule has 11 heteroatoms. The Labute approximate surface area is 195 Å². The number of benzene rings is 2. The van der Waals surface area contributed by atoms with E-state index in [1.165, 1.54) is 4.31 Å². The summed E-state index contributed by atoms with van der Waals surface area (Å²) in [4.78, 5) is 17.5. The molecule has 168 valence electrons. The van der Waals surface area contributed by atoms with Gasteiger partial charge in [0.25, 0.3) is 0 Å². The smallest absolute Gasteiger partial charge is 0.246 e. The average molecular weight is 492 g/mol. The van der Waals surface area contributed by atoms with Gasteiger partial charge in [0.05, 0.1) is 11.7 Å². The minimum atomic E-state index is -3.86. The first kappa shape index (κ1) is 21.6. The maximum Gasteiger partial charge on any atom is 0.246 e. The van der Waals surface area contributed by atoms with Crippen LogP contribution < -0.4 is 4.90 Å². The van der Waals surface area contributed by atoms with Crippen molar-refractivity contribution in [1.82, 2.24) is 18.0 Å². The number of piperazine rings is 1. The van der Waals surface area contributed by atoms with E-state index in [-0.39, 0.29) is 10.8 Å². The van der Waals surface area contributed by atoms with Gasteiger partial charge in [0.2, 0.25) is 15.9 Å². The van der Waals surface area contributed by atoms with Gasteiger partial charge in [-0.25, -0.2) is 8.42 Å². The van der Waals surface area contributed by atoms with Crippen LogP contribution in [0.15, 0.2) is 47.4 Å². The zero-order valence-electron chi connectivity index (χ0n) is 17.2. The van der Waals surface area contributed by atoms with Crippen LogP contribution >= 0.6 is 23.3 Å². The summed E-state index contributed by atoms with van der Waals surface area (Å²) in [5.41, 5.74) is 1.99. The number of hydrogen-bond acceptors (Lipinski definition) is 7. The molecule has 0 aliphatic carbocycles. The van der Waals surface area contributed by atoms with Crippen LogP contribution in [-0.2, 0) is 14.8 Å². The van der Waals surface area contributed by atoms with Crippen molar-refractivity contribution in [2.75, 3.05) is 37.6 Å². The van der Waals surface area contributed by atoms with Crippen LogP contribution in [0, 0.1) is 0 Å². The summed E-state index contributed by atoms with van der Waals surface area (Å²) in [6.07, 6.45) is 1.19. The molecular weight excluding hydrogens is 470 g/mol. The van der Waals surface area contributed by atoms with E-state index in [9.17, 15) is 13.2 Å². The summed E-state index contributed by atoms with van der Waals surface area (Å²) in [5.74, 6) is -0.120. The topological polar surface area (TPSA) is 86.7 Å². The zero-order chi connectivity index (χ0) is 22.3. The van der Waals surface area contributed by atoms with Gasteiger partial charge < -0.3 is 9.80 Å². The quantitative estimate of drug-likeness (QED) is 0.557. The van der Waals surface area contributed by atoms with E-state index in [1.807, 2.05) is 24.3 Å². The number of rotatable bonds is 4. The Bertz CT molecular complexity index is 1240. The fourth-order valence-corrected chi connectivity index (χ4v) is 6.97. The molecule has 3 aromatic rings. The van der Waals surface area contributed by atoms with Crippen molar-refractivity contribution in [3.05, 3.63) is 47.5 Å². The second-order valence-corrected chi connectivity index (χ2v) is 10.8. The Morgan fingerprint density at radius 2 is 1.75 bits per heavy atom. The number of fused-ring (bicyclic) bond motifs is 1. The molecule has 0 saturated carbocycles. The Morgan fingerprint density at radius 3 is 2.50 bits per heavy atom. The molecule has 0 N–H and O–H groups in total. The molecule has 8 nitrogen and oxygen atoms in total. The average Bonchev–Trinajstić information content (AvgIpc) is 3.49. The van der Waals surface area contributed by atoms with Gasteiger partial charge in [-0.2, -0.15) is 13.1 Å². The predicted octanol–water partition coefficient (Wildman–Crippen LogP) is 2.85. The lowest BCUT2D eigenvalue weighted by molar-refractivity contribution is -0.134. The zero-order valence-corrected chi connectivity index (χ0v) is 19.6. The van der Waals surface area contributed by atoms with E-state index >= 15 is 0 Å². The standard InChI is InChI=1S/C21H22ClN5O3S2/c22-15-6-8-16(9-7-15)25-11-13-26(14-12-25)21(28)18-4-2-10-27(18)32(29,30)19-5-1-3-17-20(19)24-31-23-17/h1,3,5-9,18H,2,4,10-14H2. The summed E-state index contributed by atoms with van der Waals surface area (Å²) >= 11 is 6.96. The van der Waals surface area contributed by atoms with Crippen LogP contribution in [0.25, 0.3) is 11.0 Å². The fourth-order valence-electron chi connectivity index (χ4n) is 4.44. The molecule has 2 aromatic carbocycles. The van der Waals surface area contributed by atoms with Crippen molar-refractivity contribution in [3.8, 4) is 0 Å². The molecule has 1 unspecified atom stereocenters. The molecule has 1 amide bonds. The lowest BCUT2D eigenvalue weighted by Gasteiger charge is -2.38. The van der Waals surface area contributed by atoms with Gasteiger partial charge in [-0.05, 0) is 49.2 Å². The van der Waals surface area contributed by atoms with Gasteiger partial charge in [0, 0.05) is 43.4 Å². The van der Waals surface area contributed by atoms with Crippen molar-refractivity contribution < 1.29 is 13.2 Å². The van der Waals surface area contributed by atoms with Crippen LogP contribution in [0.4, 0.5) is 5.69 Å². The van der Waals surface area contributed by atoms with Crippen molar-refractivity contribution in [3.63, 3.8) is 0 Å². The van der Waals surface area contributed by atoms with Crippen molar-refractivity contribution >= 4 is 56.0 Å². The van der Waals surface area contributed by atoms with E-state index in [0.717, 1.165) is 17.4 Å². The molecular formula is C21H22ClN5O3S2. The van der Waals surface area contributed by atoms with Crippen LogP contribution in [-0.4, -0.2) is 71.0 Å². The molecule has 0 bridgehead atoms. The highest BCUT2D eigenvalue weighted by atomic mass is 35.5. The molecule has 0 radical (unpaired) electrons. The Morgan fingerprint density at radius 1 is 1.00 bits per heavy atom. The Balaban J connectivity index is 1.32. The monoisotopic (exact) mass is 491 g/mol. The number of anilines is 1. The first-order valence-electron chi connectivity index (χ1n) is 10.5. The van der Waals surface area contributed by atoms with Crippen LogP contribution in [0.1, 0.15) is 12.8 Å². The summed E-state index contributed by atoms with van der Waals surface area (Å²) in [7, 11) is -3.86. The number of hydrogen-bond donors (Lipinski definition) is 0. The molecule has 1 atom stereocenters. The van der Waals surface area contributed by atoms with Gasteiger partial charge >= 0.3 is 0 Å². The maximum absolute atomic E-state index is 13.5. The fraction of sp³-hybridized carbons (Fsp3) is 0.381. The summed E-state index contributed by atoms with van der Waals surface area (Å²) in [5, 5.41) is 0.689. The number of amides is 1. The summed E-state index contributed by atoms with van der Waals surface area (Å²) in [6.45, 7) is 2.82. The molecule has 2 saturated heterocycles. The van der Waals surface area contributed by atoms with Crippen molar-refractivity contribution in [1.29, 1.82) is 0 Å². The third kappa shape index (κ3) is 3.85. The summed E-state index contributed by atoms with van der Waals surface area (Å²) in [6, 6.07) is 11.9. The largest absolute Gasteiger partial charge is 0.368 e. The van der Waals surface area contributed by atoms with Crippen LogP contribution in [0.3, 0.4) is 0 Å². The second-order valence-electron chi connectivity index (χ2n) is 7.95.